The van der Waals surface area contributed by atoms with Gasteiger partial charge in [0.15, 0.2) is 21.5 Å². The number of aliphatic hydroxyl groups is 1. The highest BCUT2D eigenvalue weighted by Crippen LogP contribution is 2.45. The monoisotopic (exact) mass is 614 g/mol. The van der Waals surface area contributed by atoms with Crippen molar-refractivity contribution in [3.8, 4) is 5.75 Å². The standard InChI is InChI=1S/C29H31BrN2O6S/c1-32(2)28(34)29(17-20-39(35,36)23-9-4-3-5-10-23)26(24-11-6-7-12-25(24)30)38-27(31-29)21-13-15-22(16-14-21)37-19-8-18-33/h3-7,9-16,26,33H,8,17-20H2,1-2H3/t26-,29-/m1/s1. The lowest BCUT2D eigenvalue weighted by Gasteiger charge is -2.33. The van der Waals surface area contributed by atoms with Gasteiger partial charge in [0.05, 0.1) is 17.3 Å². The second-order valence-corrected chi connectivity index (χ2v) is 12.4. The van der Waals surface area contributed by atoms with Gasteiger partial charge < -0.3 is 19.5 Å². The number of ether oxygens (including phenoxy) is 2. The number of hydrogen-bond donors (Lipinski definition) is 1. The van der Waals surface area contributed by atoms with Gasteiger partial charge in [-0.15, -0.1) is 0 Å². The van der Waals surface area contributed by atoms with Crippen LogP contribution in [0.1, 0.15) is 30.1 Å². The van der Waals surface area contributed by atoms with E-state index in [1.807, 2.05) is 24.3 Å². The van der Waals surface area contributed by atoms with Crippen molar-refractivity contribution in [1.82, 2.24) is 4.90 Å². The van der Waals surface area contributed by atoms with Crippen LogP contribution >= 0.6 is 15.9 Å². The number of hydrogen-bond acceptors (Lipinski definition) is 7. The number of halogens is 1. The zero-order valence-electron chi connectivity index (χ0n) is 21.8. The molecule has 1 heterocycles. The third-order valence-electron chi connectivity index (χ3n) is 6.46. The Kier molecular flexibility index (Phi) is 9.09. The van der Waals surface area contributed by atoms with Crippen LogP contribution in [0.3, 0.4) is 0 Å². The van der Waals surface area contributed by atoms with Crippen LogP contribution < -0.4 is 4.74 Å². The Morgan fingerprint density at radius 2 is 1.72 bits per heavy atom. The summed E-state index contributed by atoms with van der Waals surface area (Å²) in [5.74, 6) is 0.211. The van der Waals surface area contributed by atoms with Gasteiger partial charge in [-0.2, -0.15) is 0 Å². The minimum atomic E-state index is -3.70. The van der Waals surface area contributed by atoms with E-state index in [2.05, 4.69) is 15.9 Å². The SMILES string of the molecule is CN(C)C(=O)[C@]1(CCS(=O)(=O)c2ccccc2)N=C(c2ccc(OCCCO)cc2)O[C@@H]1c1ccccc1Br. The van der Waals surface area contributed by atoms with Crippen molar-refractivity contribution in [2.75, 3.05) is 33.1 Å². The Morgan fingerprint density at radius 1 is 1.05 bits per heavy atom. The molecule has 2 atom stereocenters. The Bertz CT molecular complexity index is 1430. The molecule has 0 aliphatic carbocycles. The summed E-state index contributed by atoms with van der Waals surface area (Å²) in [7, 11) is -0.453. The van der Waals surface area contributed by atoms with E-state index in [-0.39, 0.29) is 35.5 Å². The second kappa shape index (κ2) is 12.3. The van der Waals surface area contributed by atoms with Gasteiger partial charge in [-0.3, -0.25) is 4.79 Å². The molecule has 8 nitrogen and oxygen atoms in total. The number of carbonyl (C=O) groups is 1. The van der Waals surface area contributed by atoms with Gasteiger partial charge >= 0.3 is 0 Å². The zero-order valence-corrected chi connectivity index (χ0v) is 24.2. The number of nitrogens with zero attached hydrogens (tertiary/aromatic N) is 2. The molecular weight excluding hydrogens is 584 g/mol. The number of rotatable bonds is 11. The predicted molar refractivity (Wildman–Crippen MR) is 153 cm³/mol. The Hall–Kier alpha value is -3.21. The number of likely N-dealkylation sites (N-methyl/N-ethyl adjacent to an activating group) is 1. The first-order valence-corrected chi connectivity index (χ1v) is 15.0. The fourth-order valence-corrected chi connectivity index (χ4v) is 6.32. The molecule has 0 saturated carbocycles. The highest BCUT2D eigenvalue weighted by Gasteiger charge is 2.54. The highest BCUT2D eigenvalue weighted by molar-refractivity contribution is 9.10. The molecular formula is C29H31BrN2O6S. The summed E-state index contributed by atoms with van der Waals surface area (Å²) < 4.78 is 39.3. The summed E-state index contributed by atoms with van der Waals surface area (Å²) >= 11 is 3.58. The molecule has 0 bridgehead atoms. The Morgan fingerprint density at radius 3 is 2.36 bits per heavy atom. The number of aliphatic hydroxyl groups excluding tert-OH is 1. The van der Waals surface area contributed by atoms with Crippen LogP contribution in [0.5, 0.6) is 5.75 Å². The number of amides is 1. The lowest BCUT2D eigenvalue weighted by Crippen LogP contribution is -2.48. The van der Waals surface area contributed by atoms with Crippen LogP contribution in [-0.4, -0.2) is 68.8 Å². The fraction of sp³-hybridized carbons (Fsp3) is 0.310. The van der Waals surface area contributed by atoms with Crippen molar-refractivity contribution in [2.24, 2.45) is 4.99 Å². The van der Waals surface area contributed by atoms with Crippen molar-refractivity contribution >= 4 is 37.6 Å². The van der Waals surface area contributed by atoms with E-state index in [0.29, 0.717) is 29.9 Å². The van der Waals surface area contributed by atoms with E-state index in [0.717, 1.165) is 4.47 Å². The van der Waals surface area contributed by atoms with E-state index in [1.54, 1.807) is 68.7 Å². The van der Waals surface area contributed by atoms with Crippen molar-refractivity contribution < 1.29 is 27.8 Å². The first-order chi connectivity index (χ1) is 18.7. The second-order valence-electron chi connectivity index (χ2n) is 9.39. The molecule has 0 spiro atoms. The maximum absolute atomic E-state index is 13.9. The molecule has 4 rings (SSSR count). The molecule has 1 aliphatic rings. The Balaban J connectivity index is 1.76. The van der Waals surface area contributed by atoms with Crippen LogP contribution in [-0.2, 0) is 19.4 Å². The van der Waals surface area contributed by atoms with Crippen molar-refractivity contribution in [2.45, 2.75) is 29.4 Å². The predicted octanol–water partition coefficient (Wildman–Crippen LogP) is 4.42. The van der Waals surface area contributed by atoms with E-state index in [4.69, 9.17) is 19.6 Å². The zero-order chi connectivity index (χ0) is 28.0. The molecule has 0 radical (unpaired) electrons. The third kappa shape index (κ3) is 6.34. The van der Waals surface area contributed by atoms with Crippen LogP contribution in [0.4, 0.5) is 0 Å². The van der Waals surface area contributed by atoms with Crippen molar-refractivity contribution in [3.05, 3.63) is 94.5 Å². The minimum absolute atomic E-state index is 0.0428. The number of carbonyl (C=O) groups excluding carboxylic acids is 1. The maximum atomic E-state index is 13.9. The van der Waals surface area contributed by atoms with Crippen molar-refractivity contribution in [3.63, 3.8) is 0 Å². The summed E-state index contributed by atoms with van der Waals surface area (Å²) in [4.78, 5) is 20.4. The van der Waals surface area contributed by atoms with Crippen LogP contribution in [0.15, 0.2) is 93.2 Å². The fourth-order valence-electron chi connectivity index (χ4n) is 4.44. The molecule has 0 aromatic heterocycles. The average molecular weight is 616 g/mol. The summed E-state index contributed by atoms with van der Waals surface area (Å²) in [6.07, 6.45) is -0.435. The molecule has 0 unspecified atom stereocenters. The van der Waals surface area contributed by atoms with Gasteiger partial charge in [0, 0.05) is 49.1 Å². The molecule has 10 heteroatoms. The molecule has 3 aromatic carbocycles. The Labute approximate surface area is 237 Å². The summed E-state index contributed by atoms with van der Waals surface area (Å²) in [5.41, 5.74) is -0.214. The minimum Gasteiger partial charge on any atom is -0.494 e. The van der Waals surface area contributed by atoms with E-state index < -0.39 is 21.5 Å². The molecule has 206 valence electrons. The van der Waals surface area contributed by atoms with E-state index in [1.165, 1.54) is 4.90 Å². The van der Waals surface area contributed by atoms with Crippen molar-refractivity contribution in [1.29, 1.82) is 0 Å². The van der Waals surface area contributed by atoms with E-state index in [9.17, 15) is 13.2 Å². The summed E-state index contributed by atoms with van der Waals surface area (Å²) in [6, 6.07) is 22.7. The molecule has 39 heavy (non-hydrogen) atoms. The molecule has 1 amide bonds. The number of aliphatic imine (C=N–C) groups is 1. The molecule has 1 N–H and O–H groups in total. The first kappa shape index (κ1) is 28.8. The topological polar surface area (TPSA) is 106 Å². The lowest BCUT2D eigenvalue weighted by molar-refractivity contribution is -0.137. The van der Waals surface area contributed by atoms with Crippen LogP contribution in [0.2, 0.25) is 0 Å². The smallest absolute Gasteiger partial charge is 0.254 e. The van der Waals surface area contributed by atoms with Gasteiger partial charge in [-0.05, 0) is 42.5 Å². The summed E-state index contributed by atoms with van der Waals surface area (Å²) in [6.45, 7) is 0.425. The normalized spacial score (nSPS) is 18.8. The lowest BCUT2D eigenvalue weighted by atomic mass is 9.84. The van der Waals surface area contributed by atoms with Crippen LogP contribution in [0.25, 0.3) is 0 Å². The van der Waals surface area contributed by atoms with Gasteiger partial charge in [0.25, 0.3) is 5.91 Å². The van der Waals surface area contributed by atoms with Gasteiger partial charge in [-0.1, -0.05) is 52.3 Å². The third-order valence-corrected chi connectivity index (χ3v) is 8.91. The van der Waals surface area contributed by atoms with Crippen LogP contribution in [0, 0.1) is 0 Å². The quantitative estimate of drug-likeness (QED) is 0.321. The molecule has 0 saturated heterocycles. The largest absolute Gasteiger partial charge is 0.494 e. The highest BCUT2D eigenvalue weighted by atomic mass is 79.9. The maximum Gasteiger partial charge on any atom is 0.254 e. The summed E-state index contributed by atoms with van der Waals surface area (Å²) in [5, 5.41) is 8.98. The molecule has 0 fully saturated rings. The average Bonchev–Trinajstić information content (AvgIpc) is 3.33. The molecule has 3 aromatic rings. The first-order valence-electron chi connectivity index (χ1n) is 12.5. The van der Waals surface area contributed by atoms with Gasteiger partial charge in [0.2, 0.25) is 5.90 Å². The van der Waals surface area contributed by atoms with Gasteiger partial charge in [0.1, 0.15) is 5.75 Å². The molecule has 1 aliphatic heterocycles. The number of sulfone groups is 1. The van der Waals surface area contributed by atoms with E-state index >= 15 is 0 Å². The number of benzene rings is 3. The van der Waals surface area contributed by atoms with Gasteiger partial charge in [-0.25, -0.2) is 13.4 Å².